The lowest BCUT2D eigenvalue weighted by Gasteiger charge is -2.25. The summed E-state index contributed by atoms with van der Waals surface area (Å²) in [5.74, 6) is -0.210. The first-order valence-corrected chi connectivity index (χ1v) is 8.39. The summed E-state index contributed by atoms with van der Waals surface area (Å²) in [5, 5.41) is 0. The largest absolute Gasteiger partial charge is 0.347 e. The van der Waals surface area contributed by atoms with Crippen molar-refractivity contribution in [3.8, 4) is 0 Å². The van der Waals surface area contributed by atoms with Gasteiger partial charge in [-0.3, -0.25) is 4.79 Å². The molecule has 0 spiro atoms. The van der Waals surface area contributed by atoms with Gasteiger partial charge in [0, 0.05) is 29.8 Å². The van der Waals surface area contributed by atoms with E-state index in [9.17, 15) is 13.2 Å². The van der Waals surface area contributed by atoms with E-state index < -0.39 is 14.6 Å². The Bertz CT molecular complexity index is 600. The third-order valence-electron chi connectivity index (χ3n) is 3.54. The molecule has 0 fully saturated rings. The zero-order valence-corrected chi connectivity index (χ0v) is 13.5. The van der Waals surface area contributed by atoms with Crippen LogP contribution in [0.15, 0.2) is 6.07 Å². The summed E-state index contributed by atoms with van der Waals surface area (Å²) in [6.07, 6.45) is 1.23. The molecule has 19 heavy (non-hydrogen) atoms. The van der Waals surface area contributed by atoms with Gasteiger partial charge in [-0.2, -0.15) is 0 Å². The lowest BCUT2D eigenvalue weighted by atomic mass is 10.1. The van der Waals surface area contributed by atoms with Crippen LogP contribution in [0, 0.1) is 13.8 Å². The number of carbonyl (C=O) groups excluding carboxylic acids is 1. The molecule has 0 saturated carbocycles. The quantitative estimate of drug-likeness (QED) is 0.620. The summed E-state index contributed by atoms with van der Waals surface area (Å²) < 4.78 is 24.5. The van der Waals surface area contributed by atoms with E-state index in [2.05, 4.69) is 0 Å². The Hall–Kier alpha value is -0.810. The second-order valence-corrected chi connectivity index (χ2v) is 8.38. The molecule has 4 nitrogen and oxygen atoms in total. The second-order valence-electron chi connectivity index (χ2n) is 5.46. The van der Waals surface area contributed by atoms with Crippen molar-refractivity contribution in [2.75, 3.05) is 12.1 Å². The van der Waals surface area contributed by atoms with E-state index in [1.54, 1.807) is 19.9 Å². The highest BCUT2D eigenvalue weighted by Crippen LogP contribution is 2.23. The maximum Gasteiger partial charge on any atom is 0.179 e. The van der Waals surface area contributed by atoms with Gasteiger partial charge in [-0.15, -0.1) is 11.6 Å². The second kappa shape index (κ2) is 5.29. The van der Waals surface area contributed by atoms with Crippen LogP contribution in [0.3, 0.4) is 0 Å². The van der Waals surface area contributed by atoms with Crippen molar-refractivity contribution in [1.82, 2.24) is 4.57 Å². The van der Waals surface area contributed by atoms with Crippen molar-refractivity contribution >= 4 is 27.2 Å². The fraction of sp³-hybridized carbons (Fsp3) is 0.615. The van der Waals surface area contributed by atoms with E-state index in [1.807, 2.05) is 18.4 Å². The van der Waals surface area contributed by atoms with E-state index in [-0.39, 0.29) is 11.7 Å². The fourth-order valence-electron chi connectivity index (χ4n) is 1.90. The molecule has 1 aromatic heterocycles. The molecule has 0 amide bonds. The summed E-state index contributed by atoms with van der Waals surface area (Å²) in [7, 11) is -3.18. The normalized spacial score (nSPS) is 12.7. The van der Waals surface area contributed by atoms with Crippen molar-refractivity contribution in [3.63, 3.8) is 0 Å². The molecule has 1 aromatic rings. The highest BCUT2D eigenvalue weighted by atomic mass is 35.5. The summed E-state index contributed by atoms with van der Waals surface area (Å²) >= 11 is 5.57. The van der Waals surface area contributed by atoms with Gasteiger partial charge in [-0.1, -0.05) is 0 Å². The van der Waals surface area contributed by atoms with Crippen LogP contribution in [0.1, 0.15) is 35.6 Å². The van der Waals surface area contributed by atoms with Crippen molar-refractivity contribution in [3.05, 3.63) is 23.0 Å². The molecular formula is C13H20ClNO3S. The van der Waals surface area contributed by atoms with Crippen LogP contribution >= 0.6 is 11.6 Å². The number of sulfone groups is 1. The Morgan fingerprint density at radius 2 is 1.89 bits per heavy atom. The van der Waals surface area contributed by atoms with E-state index in [4.69, 9.17) is 11.6 Å². The Morgan fingerprint density at radius 3 is 2.32 bits per heavy atom. The Kier molecular flexibility index (Phi) is 4.52. The molecule has 1 heterocycles. The predicted octanol–water partition coefficient (Wildman–Crippen LogP) is 2.35. The van der Waals surface area contributed by atoms with Crippen molar-refractivity contribution < 1.29 is 13.2 Å². The number of ketones is 1. The van der Waals surface area contributed by atoms with E-state index in [1.165, 1.54) is 6.26 Å². The van der Waals surface area contributed by atoms with Crippen LogP contribution in [-0.2, 0) is 16.4 Å². The van der Waals surface area contributed by atoms with Crippen LogP contribution in [0.2, 0.25) is 0 Å². The lowest BCUT2D eigenvalue weighted by molar-refractivity contribution is 0.102. The molecular weight excluding hydrogens is 286 g/mol. The van der Waals surface area contributed by atoms with Crippen molar-refractivity contribution in [2.45, 2.75) is 39.0 Å². The summed E-state index contributed by atoms with van der Waals surface area (Å²) in [6, 6.07) is 1.76. The molecule has 108 valence electrons. The molecule has 0 N–H and O–H groups in total. The monoisotopic (exact) mass is 305 g/mol. The molecule has 6 heteroatoms. The number of alkyl halides is 1. The van der Waals surface area contributed by atoms with Crippen LogP contribution < -0.4 is 0 Å². The summed E-state index contributed by atoms with van der Waals surface area (Å²) in [4.78, 5) is 11.7. The highest BCUT2D eigenvalue weighted by molar-refractivity contribution is 7.92. The first kappa shape index (κ1) is 16.2. The van der Waals surface area contributed by atoms with Gasteiger partial charge in [0.2, 0.25) is 0 Å². The van der Waals surface area contributed by atoms with Gasteiger partial charge >= 0.3 is 0 Å². The van der Waals surface area contributed by atoms with Gasteiger partial charge < -0.3 is 4.57 Å². The first-order chi connectivity index (χ1) is 8.51. The Morgan fingerprint density at radius 1 is 1.37 bits per heavy atom. The van der Waals surface area contributed by atoms with Crippen LogP contribution in [0.5, 0.6) is 0 Å². The number of halogens is 1. The number of aromatic nitrogens is 1. The van der Waals surface area contributed by atoms with Crippen LogP contribution in [0.25, 0.3) is 0 Å². The molecule has 0 atom stereocenters. The number of hydrogen-bond donors (Lipinski definition) is 0. The third kappa shape index (κ3) is 3.20. The molecule has 0 aliphatic carbocycles. The van der Waals surface area contributed by atoms with Gasteiger partial charge in [-0.05, 0) is 33.8 Å². The SMILES string of the molecule is Cc1cc(C(=O)CCl)c(C)n1CC(C)(C)S(C)(=O)=O. The number of carbonyl (C=O) groups is 1. The third-order valence-corrected chi connectivity index (χ3v) is 5.92. The molecule has 0 saturated heterocycles. The molecule has 0 bridgehead atoms. The molecule has 0 aromatic carbocycles. The first-order valence-electron chi connectivity index (χ1n) is 5.96. The minimum absolute atomic E-state index is 0.0697. The number of Topliss-reactive ketones (excluding diaryl/α,β-unsaturated/α-hetero) is 1. The van der Waals surface area contributed by atoms with Gasteiger partial charge in [-0.25, -0.2) is 8.42 Å². The minimum atomic E-state index is -3.18. The van der Waals surface area contributed by atoms with Gasteiger partial charge in [0.1, 0.15) is 0 Å². The minimum Gasteiger partial charge on any atom is -0.347 e. The predicted molar refractivity (Wildman–Crippen MR) is 77.9 cm³/mol. The standard InChI is InChI=1S/C13H20ClNO3S/c1-9-6-11(12(16)7-14)10(2)15(9)8-13(3,4)19(5,17)18/h6H,7-8H2,1-5H3. The number of rotatable bonds is 5. The Balaban J connectivity index is 3.24. The average Bonchev–Trinajstić information content (AvgIpc) is 2.54. The van der Waals surface area contributed by atoms with Crippen LogP contribution in [-0.4, -0.2) is 35.7 Å². The van der Waals surface area contributed by atoms with Gasteiger partial charge in [0.15, 0.2) is 15.6 Å². The highest BCUT2D eigenvalue weighted by Gasteiger charge is 2.32. The number of nitrogens with zero attached hydrogens (tertiary/aromatic N) is 1. The maximum absolute atomic E-state index is 11.8. The maximum atomic E-state index is 11.8. The molecule has 0 aliphatic rings. The van der Waals surface area contributed by atoms with Gasteiger partial charge in [0.25, 0.3) is 0 Å². The smallest absolute Gasteiger partial charge is 0.179 e. The van der Waals surface area contributed by atoms with Crippen molar-refractivity contribution in [2.24, 2.45) is 0 Å². The van der Waals surface area contributed by atoms with Crippen molar-refractivity contribution in [1.29, 1.82) is 0 Å². The molecule has 1 rings (SSSR count). The lowest BCUT2D eigenvalue weighted by Crippen LogP contribution is -2.36. The van der Waals surface area contributed by atoms with Crippen LogP contribution in [0.4, 0.5) is 0 Å². The fourth-order valence-corrected chi connectivity index (χ4v) is 2.40. The van der Waals surface area contributed by atoms with E-state index in [0.717, 1.165) is 11.4 Å². The zero-order valence-electron chi connectivity index (χ0n) is 11.9. The Labute approximate surface area is 119 Å². The zero-order chi connectivity index (χ0) is 15.0. The average molecular weight is 306 g/mol. The summed E-state index contributed by atoms with van der Waals surface area (Å²) in [6.45, 7) is 7.36. The van der Waals surface area contributed by atoms with Gasteiger partial charge in [0.05, 0.1) is 10.6 Å². The summed E-state index contributed by atoms with van der Waals surface area (Å²) in [5.41, 5.74) is 2.19. The number of aryl methyl sites for hydroxylation is 1. The molecule has 0 aliphatic heterocycles. The van der Waals surface area contributed by atoms with E-state index >= 15 is 0 Å². The number of hydrogen-bond acceptors (Lipinski definition) is 3. The topological polar surface area (TPSA) is 56.1 Å². The van der Waals surface area contributed by atoms with E-state index in [0.29, 0.717) is 12.1 Å². The molecule has 0 unspecified atom stereocenters. The molecule has 0 radical (unpaired) electrons.